The second-order valence-electron chi connectivity index (χ2n) is 5.07. The molecule has 0 aromatic heterocycles. The van der Waals surface area contributed by atoms with Crippen molar-refractivity contribution < 1.29 is 13.9 Å². The molecule has 18 heavy (non-hydrogen) atoms. The monoisotopic (exact) mass is 271 g/mol. The molecule has 0 saturated carbocycles. The molecule has 1 aliphatic heterocycles. The highest BCUT2D eigenvalue weighted by atomic mass is 35.5. The van der Waals surface area contributed by atoms with Crippen LogP contribution in [0.5, 0.6) is 0 Å². The van der Waals surface area contributed by atoms with E-state index in [4.69, 9.17) is 16.3 Å². The molecular formula is C13H15ClFNO2. The lowest BCUT2D eigenvalue weighted by Crippen LogP contribution is -2.32. The van der Waals surface area contributed by atoms with E-state index >= 15 is 0 Å². The SMILES string of the molecule is CC1(C)C[C@H](NCc2ccc(F)c(Cl)c2)C(=O)O1. The standard InChI is InChI=1S/C13H15ClFNO2/c1-13(2)6-11(12(17)18-13)16-7-8-3-4-10(15)9(14)5-8/h3-5,11,16H,6-7H2,1-2H3/t11-/m0/s1. The van der Waals surface area contributed by atoms with Gasteiger partial charge in [-0.3, -0.25) is 4.79 Å². The highest BCUT2D eigenvalue weighted by molar-refractivity contribution is 6.30. The van der Waals surface area contributed by atoms with Gasteiger partial charge in [0.05, 0.1) is 5.02 Å². The first-order valence-electron chi connectivity index (χ1n) is 5.77. The number of carbonyl (C=O) groups is 1. The molecule has 98 valence electrons. The summed E-state index contributed by atoms with van der Waals surface area (Å²) in [5.41, 5.74) is 0.411. The molecule has 1 fully saturated rings. The summed E-state index contributed by atoms with van der Waals surface area (Å²) in [6.07, 6.45) is 0.626. The summed E-state index contributed by atoms with van der Waals surface area (Å²) in [5.74, 6) is -0.685. The molecule has 0 aliphatic carbocycles. The zero-order valence-electron chi connectivity index (χ0n) is 10.3. The first kappa shape index (κ1) is 13.3. The molecule has 1 N–H and O–H groups in total. The molecule has 1 heterocycles. The number of hydrogen-bond acceptors (Lipinski definition) is 3. The van der Waals surface area contributed by atoms with Crippen LogP contribution in [0.25, 0.3) is 0 Å². The second kappa shape index (κ2) is 4.86. The van der Waals surface area contributed by atoms with E-state index in [1.807, 2.05) is 13.8 Å². The predicted octanol–water partition coefficient (Wildman–Crippen LogP) is 2.66. The maximum absolute atomic E-state index is 13.0. The minimum absolute atomic E-state index is 0.0867. The van der Waals surface area contributed by atoms with Gasteiger partial charge in [-0.2, -0.15) is 0 Å². The number of rotatable bonds is 3. The van der Waals surface area contributed by atoms with Crippen molar-refractivity contribution in [3.05, 3.63) is 34.6 Å². The Morgan fingerprint density at radius 2 is 2.28 bits per heavy atom. The van der Waals surface area contributed by atoms with E-state index in [9.17, 15) is 9.18 Å². The smallest absolute Gasteiger partial charge is 0.323 e. The highest BCUT2D eigenvalue weighted by Crippen LogP contribution is 2.26. The van der Waals surface area contributed by atoms with Crippen LogP contribution < -0.4 is 5.32 Å². The number of nitrogens with one attached hydrogen (secondary N) is 1. The lowest BCUT2D eigenvalue weighted by atomic mass is 10.0. The molecule has 5 heteroatoms. The lowest BCUT2D eigenvalue weighted by Gasteiger charge is -2.14. The summed E-state index contributed by atoms with van der Waals surface area (Å²) in [6, 6.07) is 4.19. The van der Waals surface area contributed by atoms with Gasteiger partial charge in [-0.05, 0) is 31.5 Å². The Hall–Kier alpha value is -1.13. The van der Waals surface area contributed by atoms with Crippen molar-refractivity contribution in [2.24, 2.45) is 0 Å². The van der Waals surface area contributed by atoms with Crippen LogP contribution in [0.15, 0.2) is 18.2 Å². The topological polar surface area (TPSA) is 38.3 Å². The van der Waals surface area contributed by atoms with Crippen LogP contribution in [0, 0.1) is 5.82 Å². The molecule has 0 radical (unpaired) electrons. The number of hydrogen-bond donors (Lipinski definition) is 1. The minimum atomic E-state index is -0.443. The van der Waals surface area contributed by atoms with E-state index in [-0.39, 0.29) is 17.0 Å². The highest BCUT2D eigenvalue weighted by Gasteiger charge is 2.39. The van der Waals surface area contributed by atoms with Gasteiger partial charge in [0, 0.05) is 13.0 Å². The van der Waals surface area contributed by atoms with Crippen molar-refractivity contribution >= 4 is 17.6 Å². The number of carbonyl (C=O) groups excluding carboxylic acids is 1. The van der Waals surface area contributed by atoms with Crippen LogP contribution >= 0.6 is 11.6 Å². The Labute approximate surface area is 110 Å². The largest absolute Gasteiger partial charge is 0.458 e. The van der Waals surface area contributed by atoms with E-state index in [1.165, 1.54) is 6.07 Å². The van der Waals surface area contributed by atoms with Gasteiger partial charge in [0.15, 0.2) is 0 Å². The average Bonchev–Trinajstić information content (AvgIpc) is 2.53. The van der Waals surface area contributed by atoms with Crippen molar-refractivity contribution in [2.75, 3.05) is 0 Å². The molecule has 1 aliphatic rings. The van der Waals surface area contributed by atoms with Crippen molar-refractivity contribution in [1.82, 2.24) is 5.32 Å². The van der Waals surface area contributed by atoms with Crippen molar-refractivity contribution in [3.8, 4) is 0 Å². The quantitative estimate of drug-likeness (QED) is 0.859. The molecule has 1 saturated heterocycles. The Morgan fingerprint density at radius 1 is 1.56 bits per heavy atom. The third kappa shape index (κ3) is 3.00. The maximum atomic E-state index is 13.0. The number of esters is 1. The van der Waals surface area contributed by atoms with Gasteiger partial charge in [-0.1, -0.05) is 17.7 Å². The fourth-order valence-electron chi connectivity index (χ4n) is 2.01. The normalized spacial score (nSPS) is 22.0. The van der Waals surface area contributed by atoms with Crippen LogP contribution in [-0.2, 0) is 16.1 Å². The van der Waals surface area contributed by atoms with Gasteiger partial charge in [0.25, 0.3) is 0 Å². The third-order valence-electron chi connectivity index (χ3n) is 2.89. The predicted molar refractivity (Wildman–Crippen MR) is 66.8 cm³/mol. The summed E-state index contributed by atoms with van der Waals surface area (Å²) >= 11 is 5.69. The molecule has 1 aromatic rings. The zero-order chi connectivity index (χ0) is 13.3. The zero-order valence-corrected chi connectivity index (χ0v) is 11.1. The van der Waals surface area contributed by atoms with Gasteiger partial charge in [-0.25, -0.2) is 4.39 Å². The molecule has 1 aromatic carbocycles. The Morgan fingerprint density at radius 3 is 2.83 bits per heavy atom. The van der Waals surface area contributed by atoms with Gasteiger partial charge < -0.3 is 10.1 Å². The first-order valence-corrected chi connectivity index (χ1v) is 6.15. The summed E-state index contributed by atoms with van der Waals surface area (Å²) in [5, 5.41) is 3.18. The third-order valence-corrected chi connectivity index (χ3v) is 3.18. The maximum Gasteiger partial charge on any atom is 0.323 e. The minimum Gasteiger partial charge on any atom is -0.458 e. The van der Waals surface area contributed by atoms with E-state index in [0.717, 1.165) is 5.56 Å². The fraction of sp³-hybridized carbons (Fsp3) is 0.462. The van der Waals surface area contributed by atoms with E-state index < -0.39 is 11.4 Å². The van der Waals surface area contributed by atoms with Crippen LogP contribution in [0.3, 0.4) is 0 Å². The molecule has 2 rings (SSSR count). The van der Waals surface area contributed by atoms with E-state index in [0.29, 0.717) is 13.0 Å². The first-order chi connectivity index (χ1) is 8.37. The van der Waals surface area contributed by atoms with Crippen LogP contribution in [0.2, 0.25) is 5.02 Å². The van der Waals surface area contributed by atoms with Crippen molar-refractivity contribution in [1.29, 1.82) is 0 Å². The number of ether oxygens (including phenoxy) is 1. The average molecular weight is 272 g/mol. The number of cyclic esters (lactones) is 1. The van der Waals surface area contributed by atoms with Gasteiger partial charge in [0.2, 0.25) is 0 Å². The van der Waals surface area contributed by atoms with Crippen LogP contribution in [-0.4, -0.2) is 17.6 Å². The molecule has 0 bridgehead atoms. The summed E-state index contributed by atoms with van der Waals surface area (Å²) in [6.45, 7) is 4.21. The summed E-state index contributed by atoms with van der Waals surface area (Å²) in [4.78, 5) is 11.6. The van der Waals surface area contributed by atoms with Gasteiger partial charge >= 0.3 is 5.97 Å². The van der Waals surface area contributed by atoms with E-state index in [1.54, 1.807) is 12.1 Å². The Bertz CT molecular complexity index is 476. The fourth-order valence-corrected chi connectivity index (χ4v) is 2.21. The van der Waals surface area contributed by atoms with Crippen LogP contribution in [0.1, 0.15) is 25.8 Å². The Balaban J connectivity index is 1.96. The van der Waals surface area contributed by atoms with Crippen molar-refractivity contribution in [3.63, 3.8) is 0 Å². The summed E-state index contributed by atoms with van der Waals surface area (Å²) < 4.78 is 18.2. The molecule has 1 atom stereocenters. The Kier molecular flexibility index (Phi) is 3.59. The summed E-state index contributed by atoms with van der Waals surface area (Å²) in [7, 11) is 0. The molecule has 0 unspecified atom stereocenters. The van der Waals surface area contributed by atoms with E-state index in [2.05, 4.69) is 5.32 Å². The van der Waals surface area contributed by atoms with Crippen molar-refractivity contribution in [2.45, 2.75) is 38.5 Å². The molecule has 0 amide bonds. The van der Waals surface area contributed by atoms with Gasteiger partial charge in [-0.15, -0.1) is 0 Å². The molecule has 3 nitrogen and oxygen atoms in total. The number of benzene rings is 1. The van der Waals surface area contributed by atoms with Crippen LogP contribution in [0.4, 0.5) is 4.39 Å². The number of halogens is 2. The molecule has 0 spiro atoms. The molecular weight excluding hydrogens is 257 g/mol. The van der Waals surface area contributed by atoms with Gasteiger partial charge in [0.1, 0.15) is 17.5 Å². The second-order valence-corrected chi connectivity index (χ2v) is 5.47. The lowest BCUT2D eigenvalue weighted by molar-refractivity contribution is -0.147.